The summed E-state index contributed by atoms with van der Waals surface area (Å²) in [6.07, 6.45) is -4.09. The van der Waals surface area contributed by atoms with E-state index in [2.05, 4.69) is 4.52 Å². The monoisotopic (exact) mass is 272 g/mol. The molecule has 0 amide bonds. The molecule has 9 heteroatoms. The highest BCUT2D eigenvalue weighted by Gasteiger charge is 2.41. The van der Waals surface area contributed by atoms with Crippen molar-refractivity contribution in [3.8, 4) is 0 Å². The van der Waals surface area contributed by atoms with Crippen molar-refractivity contribution in [2.45, 2.75) is 37.3 Å². The third kappa shape index (κ3) is 4.99. The van der Waals surface area contributed by atoms with Gasteiger partial charge in [0.1, 0.15) is 6.10 Å². The first-order chi connectivity index (χ1) is 7.83. The van der Waals surface area contributed by atoms with Crippen LogP contribution >= 0.6 is 7.82 Å². The van der Waals surface area contributed by atoms with Crippen LogP contribution in [-0.2, 0) is 13.8 Å². The summed E-state index contributed by atoms with van der Waals surface area (Å²) in [5.74, 6) is 0. The Kier molecular flexibility index (Phi) is 5.49. The molecule has 4 atom stereocenters. The van der Waals surface area contributed by atoms with Crippen LogP contribution in [0.15, 0.2) is 0 Å². The van der Waals surface area contributed by atoms with Gasteiger partial charge in [-0.3, -0.25) is 4.52 Å². The van der Waals surface area contributed by atoms with Gasteiger partial charge >= 0.3 is 7.82 Å². The smallest absolute Gasteiger partial charge is 0.394 e. The molecule has 1 aliphatic rings. The molecule has 1 saturated carbocycles. The first-order valence-corrected chi connectivity index (χ1v) is 6.69. The van der Waals surface area contributed by atoms with Crippen LogP contribution in [0.4, 0.5) is 0 Å². The summed E-state index contributed by atoms with van der Waals surface area (Å²) < 4.78 is 20.3. The van der Waals surface area contributed by atoms with Crippen LogP contribution in [0.1, 0.15) is 12.8 Å². The first kappa shape index (κ1) is 15.0. The van der Waals surface area contributed by atoms with Crippen molar-refractivity contribution in [1.29, 1.82) is 0 Å². The zero-order chi connectivity index (χ0) is 13.1. The third-order valence-electron chi connectivity index (χ3n) is 2.45. The molecule has 1 rings (SSSR count). The highest BCUT2D eigenvalue weighted by molar-refractivity contribution is 7.46. The van der Waals surface area contributed by atoms with Crippen molar-refractivity contribution in [2.75, 3.05) is 13.2 Å². The van der Waals surface area contributed by atoms with Crippen molar-refractivity contribution < 1.29 is 38.9 Å². The molecule has 0 heterocycles. The third-order valence-corrected chi connectivity index (χ3v) is 2.96. The molecule has 5 N–H and O–H groups in total. The van der Waals surface area contributed by atoms with Gasteiger partial charge in [0.05, 0.1) is 31.5 Å². The van der Waals surface area contributed by atoms with E-state index in [0.717, 1.165) is 0 Å². The molecule has 0 bridgehead atoms. The Balaban J connectivity index is 2.68. The standard InChI is InChI=1S/C8H17O8P/c9-1-2-15-7-4-5(10)3-6(11)8(7)16-17(12,13)14/h5-11H,1-4H2,(H2,12,13,14)/t5-,6-,7-,8-/m0/s1. The molecule has 1 fully saturated rings. The molecule has 0 radical (unpaired) electrons. The van der Waals surface area contributed by atoms with Gasteiger partial charge in [-0.05, 0) is 0 Å². The number of rotatable bonds is 5. The second-order valence-corrected chi connectivity index (χ2v) is 5.08. The molecule has 0 aromatic heterocycles. The van der Waals surface area contributed by atoms with Gasteiger partial charge in [0, 0.05) is 12.8 Å². The number of phosphoric acid groups is 1. The summed E-state index contributed by atoms with van der Waals surface area (Å²) in [5, 5.41) is 27.6. The predicted molar refractivity (Wildman–Crippen MR) is 55.0 cm³/mol. The summed E-state index contributed by atoms with van der Waals surface area (Å²) in [5.41, 5.74) is 0. The lowest BCUT2D eigenvalue weighted by molar-refractivity contribution is -0.138. The topological polar surface area (TPSA) is 137 Å². The van der Waals surface area contributed by atoms with Crippen molar-refractivity contribution in [3.63, 3.8) is 0 Å². The zero-order valence-electron chi connectivity index (χ0n) is 9.05. The fourth-order valence-electron chi connectivity index (χ4n) is 1.82. The van der Waals surface area contributed by atoms with Crippen LogP contribution in [0.25, 0.3) is 0 Å². The van der Waals surface area contributed by atoms with E-state index in [-0.39, 0.29) is 26.1 Å². The summed E-state index contributed by atoms with van der Waals surface area (Å²) in [6, 6.07) is 0. The highest BCUT2D eigenvalue weighted by atomic mass is 31.2. The number of hydrogen-bond acceptors (Lipinski definition) is 6. The van der Waals surface area contributed by atoms with Crippen LogP contribution in [-0.4, -0.2) is 62.7 Å². The van der Waals surface area contributed by atoms with Gasteiger partial charge in [-0.1, -0.05) is 0 Å². The highest BCUT2D eigenvalue weighted by Crippen LogP contribution is 2.41. The summed E-state index contributed by atoms with van der Waals surface area (Å²) in [6.45, 7) is -0.337. The van der Waals surface area contributed by atoms with Gasteiger partial charge in [-0.25, -0.2) is 4.57 Å². The van der Waals surface area contributed by atoms with Crippen molar-refractivity contribution in [1.82, 2.24) is 0 Å². The second kappa shape index (κ2) is 6.21. The van der Waals surface area contributed by atoms with Crippen LogP contribution in [0.2, 0.25) is 0 Å². The Bertz CT molecular complexity index is 279. The lowest BCUT2D eigenvalue weighted by atomic mass is 9.90. The quantitative estimate of drug-likeness (QED) is 0.376. The minimum Gasteiger partial charge on any atom is -0.394 e. The largest absolute Gasteiger partial charge is 0.470 e. The zero-order valence-corrected chi connectivity index (χ0v) is 9.94. The van der Waals surface area contributed by atoms with Crippen LogP contribution < -0.4 is 0 Å². The number of hydrogen-bond donors (Lipinski definition) is 5. The number of phosphoric ester groups is 1. The van der Waals surface area contributed by atoms with Gasteiger partial charge < -0.3 is 29.8 Å². The van der Waals surface area contributed by atoms with E-state index in [9.17, 15) is 14.8 Å². The maximum atomic E-state index is 10.7. The minimum atomic E-state index is -4.74. The summed E-state index contributed by atoms with van der Waals surface area (Å²) in [4.78, 5) is 17.4. The maximum absolute atomic E-state index is 10.7. The van der Waals surface area contributed by atoms with Crippen molar-refractivity contribution in [2.24, 2.45) is 0 Å². The molecule has 1 aliphatic carbocycles. The molecule has 0 unspecified atom stereocenters. The van der Waals surface area contributed by atoms with E-state index >= 15 is 0 Å². The van der Waals surface area contributed by atoms with E-state index in [1.807, 2.05) is 0 Å². The average molecular weight is 272 g/mol. The van der Waals surface area contributed by atoms with Crippen LogP contribution in [0.3, 0.4) is 0 Å². The summed E-state index contributed by atoms with van der Waals surface area (Å²) >= 11 is 0. The van der Waals surface area contributed by atoms with E-state index in [4.69, 9.17) is 19.6 Å². The molecular formula is C8H17O8P. The molecule has 0 spiro atoms. The number of aliphatic hydroxyl groups is 3. The Morgan fingerprint density at radius 1 is 1.24 bits per heavy atom. The van der Waals surface area contributed by atoms with Gasteiger partial charge in [-0.15, -0.1) is 0 Å². The van der Waals surface area contributed by atoms with Gasteiger partial charge in [-0.2, -0.15) is 0 Å². The van der Waals surface area contributed by atoms with Gasteiger partial charge in [0.25, 0.3) is 0 Å². The molecule has 0 saturated heterocycles. The second-order valence-electron chi connectivity index (χ2n) is 3.89. The molecule has 0 aromatic carbocycles. The molecular weight excluding hydrogens is 255 g/mol. The van der Waals surface area contributed by atoms with Crippen molar-refractivity contribution in [3.05, 3.63) is 0 Å². The van der Waals surface area contributed by atoms with Crippen LogP contribution in [0.5, 0.6) is 0 Å². The Morgan fingerprint density at radius 2 is 1.88 bits per heavy atom. The molecule has 8 nitrogen and oxygen atoms in total. The molecule has 0 aliphatic heterocycles. The molecule has 17 heavy (non-hydrogen) atoms. The summed E-state index contributed by atoms with van der Waals surface area (Å²) in [7, 11) is -4.74. The normalized spacial score (nSPS) is 34.9. The lowest BCUT2D eigenvalue weighted by Gasteiger charge is -2.37. The fourth-order valence-corrected chi connectivity index (χ4v) is 2.42. The molecule has 102 valence electrons. The van der Waals surface area contributed by atoms with Gasteiger partial charge in [0.2, 0.25) is 0 Å². The average Bonchev–Trinajstić information content (AvgIpc) is 2.18. The minimum absolute atomic E-state index is 0.0380. The maximum Gasteiger partial charge on any atom is 0.470 e. The van der Waals surface area contributed by atoms with E-state index in [1.54, 1.807) is 0 Å². The van der Waals surface area contributed by atoms with Crippen LogP contribution in [0, 0.1) is 0 Å². The Morgan fingerprint density at radius 3 is 2.41 bits per heavy atom. The van der Waals surface area contributed by atoms with E-state index < -0.39 is 32.2 Å². The molecule has 0 aromatic rings. The fraction of sp³-hybridized carbons (Fsp3) is 1.00. The Labute approximate surface area is 98.0 Å². The van der Waals surface area contributed by atoms with E-state index in [1.165, 1.54) is 0 Å². The first-order valence-electron chi connectivity index (χ1n) is 5.16. The number of ether oxygens (including phenoxy) is 1. The Hall–Kier alpha value is -0.0500. The predicted octanol–water partition coefficient (Wildman–Crippen LogP) is -1.64. The number of aliphatic hydroxyl groups excluding tert-OH is 3. The SMILES string of the molecule is O=P(O)(O)O[C@@H]1[C@@H](OCCO)C[C@@H](O)C[C@@H]1O. The van der Waals surface area contributed by atoms with E-state index in [0.29, 0.717) is 0 Å². The van der Waals surface area contributed by atoms with Crippen molar-refractivity contribution >= 4 is 7.82 Å². The van der Waals surface area contributed by atoms with Gasteiger partial charge in [0.15, 0.2) is 0 Å². The lowest BCUT2D eigenvalue weighted by Crippen LogP contribution is -2.48.